The van der Waals surface area contributed by atoms with Gasteiger partial charge in [0, 0.05) is 24.5 Å². The molecule has 2 atom stereocenters. The van der Waals surface area contributed by atoms with Crippen molar-refractivity contribution in [2.75, 3.05) is 23.8 Å². The van der Waals surface area contributed by atoms with Gasteiger partial charge < -0.3 is 26.4 Å². The molecule has 26 heavy (non-hydrogen) atoms. The Morgan fingerprint density at radius 2 is 1.77 bits per heavy atom. The summed E-state index contributed by atoms with van der Waals surface area (Å²) in [5, 5.41) is 8.32. The van der Waals surface area contributed by atoms with Gasteiger partial charge in [0.25, 0.3) is 0 Å². The number of urea groups is 1. The minimum atomic E-state index is -0.603. The maximum absolute atomic E-state index is 12.1. The van der Waals surface area contributed by atoms with Gasteiger partial charge in [-0.1, -0.05) is 20.8 Å². The van der Waals surface area contributed by atoms with E-state index in [1.165, 1.54) is 0 Å². The normalized spacial score (nSPS) is 17.8. The van der Waals surface area contributed by atoms with Gasteiger partial charge in [0.1, 0.15) is 0 Å². The van der Waals surface area contributed by atoms with E-state index in [2.05, 4.69) is 16.0 Å². The van der Waals surface area contributed by atoms with Crippen molar-refractivity contribution in [3.63, 3.8) is 0 Å². The molecule has 1 fully saturated rings. The van der Waals surface area contributed by atoms with Crippen LogP contribution < -0.4 is 21.7 Å². The van der Waals surface area contributed by atoms with Gasteiger partial charge >= 0.3 is 6.03 Å². The standard InChI is InChI=1S/C18H28N4O3.ClH/c1-18(2,3)15(19)16(23)21-12-6-8-13(9-7-12)22-17(24)20-11-14-5-4-10-25-14;/h6-9,14-15H,4-5,10-11,19H2,1-3H3,(H,21,23)(H2,20,22,24);1H/t14?,15-;/m1./s1. The molecule has 1 aromatic rings. The smallest absolute Gasteiger partial charge is 0.319 e. The molecule has 3 amide bonds. The van der Waals surface area contributed by atoms with Crippen LogP contribution in [0.15, 0.2) is 24.3 Å². The number of carbonyl (C=O) groups is 2. The maximum atomic E-state index is 12.1. The summed E-state index contributed by atoms with van der Waals surface area (Å²) in [4.78, 5) is 24.0. The third-order valence-electron chi connectivity index (χ3n) is 4.14. The highest BCUT2D eigenvalue weighted by atomic mass is 35.5. The molecule has 0 saturated carbocycles. The zero-order chi connectivity index (χ0) is 18.4. The monoisotopic (exact) mass is 384 g/mol. The average molecular weight is 385 g/mol. The van der Waals surface area contributed by atoms with Crippen LogP contribution in [-0.4, -0.2) is 37.2 Å². The van der Waals surface area contributed by atoms with E-state index in [0.717, 1.165) is 19.4 Å². The summed E-state index contributed by atoms with van der Waals surface area (Å²) in [5.74, 6) is -0.234. The van der Waals surface area contributed by atoms with E-state index in [1.807, 2.05) is 20.8 Å². The van der Waals surface area contributed by atoms with Gasteiger partial charge in [-0.3, -0.25) is 4.79 Å². The minimum Gasteiger partial charge on any atom is -0.376 e. The zero-order valence-electron chi connectivity index (χ0n) is 15.5. The minimum absolute atomic E-state index is 0. The number of anilines is 2. The first-order chi connectivity index (χ1) is 11.8. The number of nitrogens with one attached hydrogen (secondary N) is 3. The molecule has 1 aliphatic heterocycles. The Morgan fingerprint density at radius 3 is 2.27 bits per heavy atom. The molecule has 1 unspecified atom stereocenters. The lowest BCUT2D eigenvalue weighted by atomic mass is 9.87. The van der Waals surface area contributed by atoms with Crippen molar-refractivity contribution in [1.82, 2.24) is 5.32 Å². The lowest BCUT2D eigenvalue weighted by molar-refractivity contribution is -0.119. The summed E-state index contributed by atoms with van der Waals surface area (Å²) in [5.41, 5.74) is 6.90. The van der Waals surface area contributed by atoms with Crippen molar-refractivity contribution < 1.29 is 14.3 Å². The van der Waals surface area contributed by atoms with Crippen LogP contribution in [0.2, 0.25) is 0 Å². The molecular formula is C18H29ClN4O3. The molecule has 0 aromatic heterocycles. The Kier molecular flexibility index (Phi) is 8.33. The summed E-state index contributed by atoms with van der Waals surface area (Å²) in [6.07, 6.45) is 2.13. The van der Waals surface area contributed by atoms with E-state index in [4.69, 9.17) is 10.5 Å². The second kappa shape index (κ2) is 9.75. The first-order valence-electron chi connectivity index (χ1n) is 8.58. The lowest BCUT2D eigenvalue weighted by Gasteiger charge is -2.25. The quantitative estimate of drug-likeness (QED) is 0.626. The van der Waals surface area contributed by atoms with E-state index in [1.54, 1.807) is 24.3 Å². The van der Waals surface area contributed by atoms with E-state index >= 15 is 0 Å². The predicted molar refractivity (Wildman–Crippen MR) is 106 cm³/mol. The van der Waals surface area contributed by atoms with Crippen molar-refractivity contribution >= 4 is 35.7 Å². The summed E-state index contributed by atoms with van der Waals surface area (Å²) in [6, 6.07) is 6.02. The average Bonchev–Trinajstić information content (AvgIpc) is 3.06. The lowest BCUT2D eigenvalue weighted by Crippen LogP contribution is -2.45. The largest absolute Gasteiger partial charge is 0.376 e. The van der Waals surface area contributed by atoms with Crippen molar-refractivity contribution in [1.29, 1.82) is 0 Å². The molecule has 0 aliphatic carbocycles. The third-order valence-corrected chi connectivity index (χ3v) is 4.14. The topological polar surface area (TPSA) is 105 Å². The van der Waals surface area contributed by atoms with Gasteiger partial charge in [0.2, 0.25) is 5.91 Å². The number of rotatable bonds is 5. The van der Waals surface area contributed by atoms with Gasteiger partial charge in [-0.15, -0.1) is 12.4 Å². The summed E-state index contributed by atoms with van der Waals surface area (Å²) in [6.45, 7) is 7.02. The van der Waals surface area contributed by atoms with Gasteiger partial charge in [0.15, 0.2) is 0 Å². The molecule has 0 bridgehead atoms. The highest BCUT2D eigenvalue weighted by Crippen LogP contribution is 2.20. The number of carbonyl (C=O) groups excluding carboxylic acids is 2. The number of hydrogen-bond donors (Lipinski definition) is 4. The molecule has 0 spiro atoms. The van der Waals surface area contributed by atoms with Crippen LogP contribution in [-0.2, 0) is 9.53 Å². The molecule has 1 heterocycles. The van der Waals surface area contributed by atoms with Crippen LogP contribution in [0.4, 0.5) is 16.2 Å². The Balaban J connectivity index is 0.00000338. The molecule has 1 aromatic carbocycles. The first kappa shape index (κ1) is 22.2. The van der Waals surface area contributed by atoms with Crippen LogP contribution in [0, 0.1) is 5.41 Å². The fourth-order valence-electron chi connectivity index (χ4n) is 2.44. The Bertz CT molecular complexity index is 595. The van der Waals surface area contributed by atoms with Crippen molar-refractivity contribution in [3.8, 4) is 0 Å². The number of halogens is 1. The number of hydrogen-bond acceptors (Lipinski definition) is 4. The van der Waals surface area contributed by atoms with Crippen molar-refractivity contribution in [2.24, 2.45) is 11.1 Å². The molecule has 146 valence electrons. The molecule has 8 heteroatoms. The molecule has 1 aliphatic rings. The Morgan fingerprint density at radius 1 is 1.19 bits per heavy atom. The van der Waals surface area contributed by atoms with Crippen LogP contribution in [0.3, 0.4) is 0 Å². The van der Waals surface area contributed by atoms with E-state index in [-0.39, 0.29) is 35.9 Å². The van der Waals surface area contributed by atoms with Crippen molar-refractivity contribution in [2.45, 2.75) is 45.8 Å². The van der Waals surface area contributed by atoms with Gasteiger partial charge in [-0.2, -0.15) is 0 Å². The maximum Gasteiger partial charge on any atom is 0.319 e. The first-order valence-corrected chi connectivity index (χ1v) is 8.58. The van der Waals surface area contributed by atoms with Crippen LogP contribution >= 0.6 is 12.4 Å². The van der Waals surface area contributed by atoms with Crippen LogP contribution in [0.1, 0.15) is 33.6 Å². The van der Waals surface area contributed by atoms with E-state index in [0.29, 0.717) is 17.9 Å². The molecule has 1 saturated heterocycles. The van der Waals surface area contributed by atoms with Crippen LogP contribution in [0.25, 0.3) is 0 Å². The SMILES string of the molecule is CC(C)(C)[C@H](N)C(=O)Nc1ccc(NC(=O)NCC2CCCO2)cc1.Cl. The molecule has 2 rings (SSSR count). The third kappa shape index (κ3) is 6.82. The van der Waals surface area contributed by atoms with Crippen molar-refractivity contribution in [3.05, 3.63) is 24.3 Å². The number of benzene rings is 1. The summed E-state index contributed by atoms with van der Waals surface area (Å²) in [7, 11) is 0. The van der Waals surface area contributed by atoms with E-state index in [9.17, 15) is 9.59 Å². The predicted octanol–water partition coefficient (Wildman–Crippen LogP) is 2.72. The van der Waals surface area contributed by atoms with Gasteiger partial charge in [-0.25, -0.2) is 4.79 Å². The fourth-order valence-corrected chi connectivity index (χ4v) is 2.44. The van der Waals surface area contributed by atoms with Crippen LogP contribution in [0.5, 0.6) is 0 Å². The van der Waals surface area contributed by atoms with Gasteiger partial charge in [-0.05, 0) is 42.5 Å². The Labute approximate surface area is 160 Å². The van der Waals surface area contributed by atoms with E-state index < -0.39 is 6.04 Å². The highest BCUT2D eigenvalue weighted by Gasteiger charge is 2.27. The molecule has 0 radical (unpaired) electrons. The van der Waals surface area contributed by atoms with Gasteiger partial charge in [0.05, 0.1) is 12.1 Å². The number of amides is 3. The number of nitrogens with two attached hydrogens (primary N) is 1. The number of ether oxygens (including phenoxy) is 1. The second-order valence-electron chi connectivity index (χ2n) is 7.38. The summed E-state index contributed by atoms with van der Waals surface area (Å²) >= 11 is 0. The molecule has 5 N–H and O–H groups in total. The highest BCUT2D eigenvalue weighted by molar-refractivity contribution is 5.95. The zero-order valence-corrected chi connectivity index (χ0v) is 16.3. The Hall–Kier alpha value is -1.83. The summed E-state index contributed by atoms with van der Waals surface area (Å²) < 4.78 is 5.46. The second-order valence-corrected chi connectivity index (χ2v) is 7.38. The molecular weight excluding hydrogens is 356 g/mol. The fraction of sp³-hybridized carbons (Fsp3) is 0.556. The molecule has 7 nitrogen and oxygen atoms in total.